The second kappa shape index (κ2) is 3.99. The first-order valence-corrected chi connectivity index (χ1v) is 7.29. The molecule has 0 heterocycles. The molecule has 0 saturated heterocycles. The second-order valence-electron chi connectivity index (χ2n) is 7.25. The van der Waals surface area contributed by atoms with Crippen molar-refractivity contribution in [3.05, 3.63) is 29.8 Å². The van der Waals surface area contributed by atoms with E-state index >= 15 is 0 Å². The normalized spacial score (nSPS) is 25.9. The van der Waals surface area contributed by atoms with E-state index in [1.54, 1.807) is 0 Å². The van der Waals surface area contributed by atoms with Crippen molar-refractivity contribution in [2.75, 3.05) is 0 Å². The Hall–Kier alpha value is -1.02. The highest BCUT2D eigenvalue weighted by Crippen LogP contribution is 2.72. The van der Waals surface area contributed by atoms with Crippen LogP contribution in [0.2, 0.25) is 0 Å². The Morgan fingerprint density at radius 1 is 1.05 bits per heavy atom. The monoisotopic (exact) mass is 260 g/mol. The molecule has 0 radical (unpaired) electrons. The molecule has 0 aliphatic heterocycles. The summed E-state index contributed by atoms with van der Waals surface area (Å²) in [4.78, 5) is 0. The van der Waals surface area contributed by atoms with Crippen LogP contribution in [0.4, 0.5) is 0 Å². The van der Waals surface area contributed by atoms with Crippen molar-refractivity contribution < 1.29 is 9.84 Å². The van der Waals surface area contributed by atoms with Crippen molar-refractivity contribution in [2.45, 2.75) is 52.7 Å². The highest BCUT2D eigenvalue weighted by molar-refractivity contribution is 5.31. The van der Waals surface area contributed by atoms with E-state index < -0.39 is 0 Å². The second-order valence-corrected chi connectivity index (χ2v) is 7.25. The summed E-state index contributed by atoms with van der Waals surface area (Å²) in [7, 11) is 0. The summed E-state index contributed by atoms with van der Waals surface area (Å²) in [5.41, 5.74) is 1.41. The highest BCUT2D eigenvalue weighted by Gasteiger charge is 2.67. The lowest BCUT2D eigenvalue weighted by Crippen LogP contribution is -2.05. The average molecular weight is 260 g/mol. The summed E-state index contributed by atoms with van der Waals surface area (Å²) in [6, 6.07) is 7.98. The zero-order valence-electron chi connectivity index (χ0n) is 12.3. The molecule has 2 heteroatoms. The zero-order chi connectivity index (χ0) is 13.8. The lowest BCUT2D eigenvalue weighted by molar-refractivity contribution is 0.130. The minimum absolute atomic E-state index is 0.204. The molecule has 1 unspecified atom stereocenters. The molecule has 3 rings (SSSR count). The molecule has 19 heavy (non-hydrogen) atoms. The smallest absolute Gasteiger partial charge is 0.119 e. The highest BCUT2D eigenvalue weighted by atomic mass is 16.5. The summed E-state index contributed by atoms with van der Waals surface area (Å²) in [5, 5.41) is 10.6. The minimum atomic E-state index is -0.375. The number of hydrogen-bond donors (Lipinski definition) is 1. The first-order valence-electron chi connectivity index (χ1n) is 7.29. The van der Waals surface area contributed by atoms with Crippen molar-refractivity contribution in [1.82, 2.24) is 0 Å². The van der Waals surface area contributed by atoms with Crippen LogP contribution in [-0.2, 0) is 0 Å². The molecule has 1 aromatic carbocycles. The van der Waals surface area contributed by atoms with Crippen molar-refractivity contribution in [1.29, 1.82) is 0 Å². The summed E-state index contributed by atoms with van der Waals surface area (Å²) in [6.07, 6.45) is 2.40. The predicted octanol–water partition coefficient (Wildman–Crippen LogP) is 3.94. The van der Waals surface area contributed by atoms with Crippen LogP contribution in [0.5, 0.6) is 5.75 Å². The third-order valence-corrected chi connectivity index (χ3v) is 5.50. The van der Waals surface area contributed by atoms with Gasteiger partial charge in [-0.2, -0.15) is 0 Å². The number of aliphatic hydroxyl groups excluding tert-OH is 1. The molecular weight excluding hydrogens is 236 g/mol. The summed E-state index contributed by atoms with van der Waals surface area (Å²) >= 11 is 0. The summed E-state index contributed by atoms with van der Waals surface area (Å²) in [6.45, 7) is 8.97. The van der Waals surface area contributed by atoms with Crippen LogP contribution in [0.3, 0.4) is 0 Å². The fraction of sp³-hybridized carbons (Fsp3) is 0.647. The van der Waals surface area contributed by atoms with Gasteiger partial charge in [-0.05, 0) is 41.4 Å². The van der Waals surface area contributed by atoms with E-state index in [0.29, 0.717) is 12.0 Å². The fourth-order valence-corrected chi connectivity index (χ4v) is 3.35. The fourth-order valence-electron chi connectivity index (χ4n) is 3.35. The maximum Gasteiger partial charge on any atom is 0.119 e. The Kier molecular flexibility index (Phi) is 2.72. The predicted molar refractivity (Wildman–Crippen MR) is 76.1 cm³/mol. The molecule has 1 aromatic rings. The van der Waals surface area contributed by atoms with Crippen LogP contribution in [0.1, 0.15) is 52.2 Å². The quantitative estimate of drug-likeness (QED) is 0.888. The van der Waals surface area contributed by atoms with Crippen LogP contribution in [0.25, 0.3) is 0 Å². The van der Waals surface area contributed by atoms with Crippen LogP contribution < -0.4 is 4.74 Å². The molecule has 2 saturated carbocycles. The van der Waals surface area contributed by atoms with E-state index in [1.807, 2.05) is 24.3 Å². The molecule has 0 bridgehead atoms. The Morgan fingerprint density at radius 2 is 1.58 bits per heavy atom. The van der Waals surface area contributed by atoms with Crippen molar-refractivity contribution in [2.24, 2.45) is 16.7 Å². The number of ether oxygens (including phenoxy) is 1. The minimum Gasteiger partial charge on any atom is -0.490 e. The largest absolute Gasteiger partial charge is 0.490 e. The molecule has 2 aliphatic carbocycles. The molecule has 2 nitrogen and oxygen atoms in total. The number of hydrogen-bond acceptors (Lipinski definition) is 2. The molecule has 0 amide bonds. The molecule has 104 valence electrons. The van der Waals surface area contributed by atoms with Gasteiger partial charge in [0.25, 0.3) is 0 Å². The van der Waals surface area contributed by atoms with Crippen LogP contribution in [0.15, 0.2) is 24.3 Å². The van der Waals surface area contributed by atoms with E-state index in [-0.39, 0.29) is 16.9 Å². The van der Waals surface area contributed by atoms with Gasteiger partial charge in [0.2, 0.25) is 0 Å². The Bertz CT molecular complexity index is 455. The average Bonchev–Trinajstić information content (AvgIpc) is 3.19. The van der Waals surface area contributed by atoms with Gasteiger partial charge in [0.1, 0.15) is 5.75 Å². The van der Waals surface area contributed by atoms with Gasteiger partial charge in [-0.15, -0.1) is 0 Å². The van der Waals surface area contributed by atoms with Gasteiger partial charge in [-0.25, -0.2) is 0 Å². The summed E-state index contributed by atoms with van der Waals surface area (Å²) in [5.74, 6) is 1.25. The first kappa shape index (κ1) is 13.0. The topological polar surface area (TPSA) is 29.5 Å². The van der Waals surface area contributed by atoms with E-state index in [1.165, 1.54) is 12.8 Å². The van der Waals surface area contributed by atoms with Crippen molar-refractivity contribution >= 4 is 0 Å². The third-order valence-electron chi connectivity index (χ3n) is 5.50. The Labute approximate surface area is 115 Å². The van der Waals surface area contributed by atoms with Crippen LogP contribution >= 0.6 is 0 Å². The summed E-state index contributed by atoms with van der Waals surface area (Å²) < 4.78 is 5.74. The van der Waals surface area contributed by atoms with E-state index in [9.17, 15) is 5.11 Å². The van der Waals surface area contributed by atoms with Gasteiger partial charge in [0, 0.05) is 5.92 Å². The molecule has 0 aromatic heterocycles. The van der Waals surface area contributed by atoms with Crippen LogP contribution in [-0.4, -0.2) is 11.2 Å². The molecule has 2 fully saturated rings. The molecule has 0 spiro atoms. The van der Waals surface area contributed by atoms with Gasteiger partial charge in [-0.3, -0.25) is 0 Å². The van der Waals surface area contributed by atoms with Crippen molar-refractivity contribution in [3.8, 4) is 5.75 Å². The number of rotatable bonds is 4. The standard InChI is InChI=1S/C17H24O2/c1-16(2)15(17(16,3)4)14(18)11-5-7-12(8-6-11)19-13-9-10-13/h5-8,13-15,18H,9-10H2,1-4H3. The van der Waals surface area contributed by atoms with Gasteiger partial charge >= 0.3 is 0 Å². The number of aliphatic hydroxyl groups is 1. The van der Waals surface area contributed by atoms with Crippen LogP contribution in [0, 0.1) is 16.7 Å². The maximum absolute atomic E-state index is 10.6. The zero-order valence-corrected chi connectivity index (χ0v) is 12.3. The number of benzene rings is 1. The molecule has 1 atom stereocenters. The lowest BCUT2D eigenvalue weighted by Gasteiger charge is -2.14. The van der Waals surface area contributed by atoms with E-state index in [2.05, 4.69) is 27.7 Å². The third kappa shape index (κ3) is 2.06. The van der Waals surface area contributed by atoms with E-state index in [4.69, 9.17) is 4.74 Å². The molecule has 2 aliphatic rings. The van der Waals surface area contributed by atoms with Gasteiger partial charge in [0.05, 0.1) is 12.2 Å². The first-order chi connectivity index (χ1) is 8.84. The van der Waals surface area contributed by atoms with Gasteiger partial charge in [0.15, 0.2) is 0 Å². The van der Waals surface area contributed by atoms with Crippen molar-refractivity contribution in [3.63, 3.8) is 0 Å². The SMILES string of the molecule is CC1(C)C(C(O)c2ccc(OC3CC3)cc2)C1(C)C. The van der Waals surface area contributed by atoms with Gasteiger partial charge in [-0.1, -0.05) is 39.8 Å². The van der Waals surface area contributed by atoms with Gasteiger partial charge < -0.3 is 9.84 Å². The van der Waals surface area contributed by atoms with E-state index in [0.717, 1.165) is 11.3 Å². The lowest BCUT2D eigenvalue weighted by atomic mass is 9.99. The Morgan fingerprint density at radius 3 is 2.00 bits per heavy atom. The maximum atomic E-state index is 10.6. The molecule has 1 N–H and O–H groups in total. The molecular formula is C17H24O2. The Balaban J connectivity index is 1.72.